The summed E-state index contributed by atoms with van der Waals surface area (Å²) in [7, 11) is 0. The van der Waals surface area contributed by atoms with E-state index in [4.69, 9.17) is 5.73 Å². The number of amides is 2. The van der Waals surface area contributed by atoms with Gasteiger partial charge in [-0.3, -0.25) is 19.6 Å². The molecule has 5 rings (SSSR count). The van der Waals surface area contributed by atoms with Crippen LogP contribution in [0.5, 0.6) is 0 Å². The number of hydrogen-bond acceptors (Lipinski definition) is 5. The third kappa shape index (κ3) is 5.64. The van der Waals surface area contributed by atoms with E-state index in [9.17, 15) is 9.59 Å². The maximum atomic E-state index is 13.4. The van der Waals surface area contributed by atoms with E-state index in [1.807, 2.05) is 18.2 Å². The Bertz CT molecular complexity index is 1560. The molecule has 2 heterocycles. The van der Waals surface area contributed by atoms with Crippen molar-refractivity contribution in [1.82, 2.24) is 25.3 Å². The first-order valence-corrected chi connectivity index (χ1v) is 12.4. The summed E-state index contributed by atoms with van der Waals surface area (Å²) in [5.74, 6) is 0.141. The molecule has 0 bridgehead atoms. The van der Waals surface area contributed by atoms with Gasteiger partial charge >= 0.3 is 0 Å². The molecule has 8 heteroatoms. The Balaban J connectivity index is 1.39. The van der Waals surface area contributed by atoms with Crippen LogP contribution in [-0.2, 0) is 4.79 Å². The molecule has 0 unspecified atom stereocenters. The van der Waals surface area contributed by atoms with Gasteiger partial charge in [-0.05, 0) is 41.8 Å². The number of benzene rings is 3. The van der Waals surface area contributed by atoms with Crippen LogP contribution in [0.3, 0.4) is 0 Å². The van der Waals surface area contributed by atoms with Gasteiger partial charge in [-0.25, -0.2) is 4.98 Å². The summed E-state index contributed by atoms with van der Waals surface area (Å²) >= 11 is 0. The number of rotatable bonds is 10. The van der Waals surface area contributed by atoms with Gasteiger partial charge in [-0.2, -0.15) is 0 Å². The molecule has 1 atom stereocenters. The standard InChI is InChI=1S/C29H28N6O2/c30-26(36)12-3-1-2-10-24(35-29(37)22-9-6-11-23-27(22)32-16-15-31-23)28-33-18-25(34-28)21-14-13-19-7-4-5-8-20(19)17-21/h4-9,11,13-18,24H,1-3,10,12H2,(H2,30,36)(H,33,34)(H,35,37)/t24-/m0/s1. The highest BCUT2D eigenvalue weighted by molar-refractivity contribution is 6.04. The lowest BCUT2D eigenvalue weighted by Crippen LogP contribution is -2.29. The van der Waals surface area contributed by atoms with Crippen LogP contribution < -0.4 is 11.1 Å². The van der Waals surface area contributed by atoms with Crippen LogP contribution in [0.1, 0.15) is 54.3 Å². The van der Waals surface area contributed by atoms with Crippen LogP contribution >= 0.6 is 0 Å². The number of carbonyl (C=O) groups is 2. The van der Waals surface area contributed by atoms with E-state index in [0.717, 1.165) is 35.9 Å². The molecule has 0 spiro atoms. The first kappa shape index (κ1) is 24.1. The fourth-order valence-corrected chi connectivity index (χ4v) is 4.53. The van der Waals surface area contributed by atoms with Crippen molar-refractivity contribution in [3.05, 3.63) is 90.6 Å². The third-order valence-corrected chi connectivity index (χ3v) is 6.45. The van der Waals surface area contributed by atoms with Crippen molar-refractivity contribution in [2.24, 2.45) is 5.73 Å². The van der Waals surface area contributed by atoms with Gasteiger partial charge in [0, 0.05) is 24.4 Å². The topological polar surface area (TPSA) is 127 Å². The van der Waals surface area contributed by atoms with Crippen LogP contribution in [0.4, 0.5) is 0 Å². The molecule has 37 heavy (non-hydrogen) atoms. The Morgan fingerprint density at radius 3 is 2.59 bits per heavy atom. The van der Waals surface area contributed by atoms with Crippen molar-refractivity contribution < 1.29 is 9.59 Å². The molecule has 2 aromatic heterocycles. The van der Waals surface area contributed by atoms with Crippen molar-refractivity contribution in [1.29, 1.82) is 0 Å². The predicted molar refractivity (Wildman–Crippen MR) is 144 cm³/mol. The Morgan fingerprint density at radius 2 is 1.73 bits per heavy atom. The van der Waals surface area contributed by atoms with Crippen molar-refractivity contribution in [3.8, 4) is 11.3 Å². The lowest BCUT2D eigenvalue weighted by Gasteiger charge is -2.17. The Hall–Kier alpha value is -4.59. The first-order valence-electron chi connectivity index (χ1n) is 12.4. The van der Waals surface area contributed by atoms with Gasteiger partial charge in [0.1, 0.15) is 11.3 Å². The molecule has 0 fully saturated rings. The molecular weight excluding hydrogens is 464 g/mol. The van der Waals surface area contributed by atoms with Crippen LogP contribution in [0, 0.1) is 0 Å². The van der Waals surface area contributed by atoms with Gasteiger partial charge in [-0.15, -0.1) is 0 Å². The molecule has 0 saturated heterocycles. The normalized spacial score (nSPS) is 12.0. The number of carbonyl (C=O) groups excluding carboxylic acids is 2. The molecule has 0 aliphatic rings. The van der Waals surface area contributed by atoms with E-state index in [1.54, 1.807) is 30.7 Å². The molecule has 8 nitrogen and oxygen atoms in total. The van der Waals surface area contributed by atoms with E-state index in [2.05, 4.69) is 55.6 Å². The van der Waals surface area contributed by atoms with Gasteiger partial charge in [0.25, 0.3) is 5.91 Å². The number of H-pyrrole nitrogens is 1. The summed E-state index contributed by atoms with van der Waals surface area (Å²) < 4.78 is 0. The second kappa shape index (κ2) is 11.0. The SMILES string of the molecule is NC(=O)CCCCC[C@H](NC(=O)c1cccc2nccnc12)c1ncc(-c2ccc3ccccc3c2)[nH]1. The van der Waals surface area contributed by atoms with E-state index in [1.165, 1.54) is 5.39 Å². The lowest BCUT2D eigenvalue weighted by molar-refractivity contribution is -0.118. The predicted octanol–water partition coefficient (Wildman–Crippen LogP) is 5.08. The second-order valence-electron chi connectivity index (χ2n) is 9.07. The quantitative estimate of drug-likeness (QED) is 0.234. The number of aromatic nitrogens is 4. The average Bonchev–Trinajstić information content (AvgIpc) is 3.42. The van der Waals surface area contributed by atoms with E-state index < -0.39 is 0 Å². The summed E-state index contributed by atoms with van der Waals surface area (Å²) in [6.07, 6.45) is 8.36. The number of nitrogens with zero attached hydrogens (tertiary/aromatic N) is 3. The zero-order valence-corrected chi connectivity index (χ0v) is 20.4. The smallest absolute Gasteiger partial charge is 0.254 e. The molecule has 3 aromatic carbocycles. The number of nitrogens with one attached hydrogen (secondary N) is 2. The van der Waals surface area contributed by atoms with Gasteiger partial charge in [-0.1, -0.05) is 55.3 Å². The number of para-hydroxylation sites is 1. The number of unbranched alkanes of at least 4 members (excludes halogenated alkanes) is 2. The number of hydrogen-bond donors (Lipinski definition) is 3. The highest BCUT2D eigenvalue weighted by Gasteiger charge is 2.21. The monoisotopic (exact) mass is 492 g/mol. The zero-order chi connectivity index (χ0) is 25.6. The van der Waals surface area contributed by atoms with Crippen molar-refractivity contribution in [3.63, 3.8) is 0 Å². The lowest BCUT2D eigenvalue weighted by atomic mass is 10.0. The molecule has 4 N–H and O–H groups in total. The second-order valence-corrected chi connectivity index (χ2v) is 9.07. The van der Waals surface area contributed by atoms with Gasteiger partial charge < -0.3 is 16.0 Å². The minimum Gasteiger partial charge on any atom is -0.370 e. The molecular formula is C29H28N6O2. The van der Waals surface area contributed by atoms with E-state index in [-0.39, 0.29) is 17.9 Å². The van der Waals surface area contributed by atoms with E-state index in [0.29, 0.717) is 35.3 Å². The van der Waals surface area contributed by atoms with Crippen molar-refractivity contribution >= 4 is 33.6 Å². The number of aromatic amines is 1. The average molecular weight is 493 g/mol. The summed E-state index contributed by atoms with van der Waals surface area (Å²) in [6.45, 7) is 0. The highest BCUT2D eigenvalue weighted by atomic mass is 16.2. The van der Waals surface area contributed by atoms with E-state index >= 15 is 0 Å². The maximum Gasteiger partial charge on any atom is 0.254 e. The van der Waals surface area contributed by atoms with Gasteiger partial charge in [0.15, 0.2) is 0 Å². The third-order valence-electron chi connectivity index (χ3n) is 6.45. The van der Waals surface area contributed by atoms with Crippen LogP contribution in [0.2, 0.25) is 0 Å². The zero-order valence-electron chi connectivity index (χ0n) is 20.4. The molecule has 5 aromatic rings. The van der Waals surface area contributed by atoms with Crippen LogP contribution in [-0.4, -0.2) is 31.8 Å². The Morgan fingerprint density at radius 1 is 0.892 bits per heavy atom. The largest absolute Gasteiger partial charge is 0.370 e. The molecule has 186 valence electrons. The maximum absolute atomic E-state index is 13.4. The van der Waals surface area contributed by atoms with Crippen LogP contribution in [0.25, 0.3) is 33.1 Å². The summed E-state index contributed by atoms with van der Waals surface area (Å²) in [6, 6.07) is 19.5. The fraction of sp³-hybridized carbons (Fsp3) is 0.207. The highest BCUT2D eigenvalue weighted by Crippen LogP contribution is 2.26. The molecule has 0 aliphatic heterocycles. The number of primary amides is 1. The minimum atomic E-state index is -0.345. The van der Waals surface area contributed by atoms with Crippen molar-refractivity contribution in [2.45, 2.75) is 38.1 Å². The summed E-state index contributed by atoms with van der Waals surface area (Å²) in [4.78, 5) is 41.2. The van der Waals surface area contributed by atoms with Crippen molar-refractivity contribution in [2.75, 3.05) is 0 Å². The van der Waals surface area contributed by atoms with Gasteiger partial charge in [0.05, 0.1) is 29.0 Å². The number of imidazole rings is 1. The van der Waals surface area contributed by atoms with Crippen LogP contribution in [0.15, 0.2) is 79.3 Å². The fourth-order valence-electron chi connectivity index (χ4n) is 4.53. The molecule has 0 radical (unpaired) electrons. The number of nitrogens with two attached hydrogens (primary N) is 1. The summed E-state index contributed by atoms with van der Waals surface area (Å²) in [5, 5.41) is 5.46. The summed E-state index contributed by atoms with van der Waals surface area (Å²) in [5.41, 5.74) is 8.85. The Labute approximate surface area is 214 Å². The molecule has 0 aliphatic carbocycles. The Kier molecular flexibility index (Phi) is 7.16. The minimum absolute atomic E-state index is 0.239. The first-order chi connectivity index (χ1) is 18.1. The number of fused-ring (bicyclic) bond motifs is 2. The molecule has 2 amide bonds. The van der Waals surface area contributed by atoms with Gasteiger partial charge in [0.2, 0.25) is 5.91 Å². The molecule has 0 saturated carbocycles.